The Morgan fingerprint density at radius 3 is 2.67 bits per heavy atom. The van der Waals surface area contributed by atoms with Crippen LogP contribution in [-0.4, -0.2) is 15.7 Å². The van der Waals surface area contributed by atoms with Gasteiger partial charge in [-0.25, -0.2) is 0 Å². The van der Waals surface area contributed by atoms with Gasteiger partial charge in [-0.2, -0.15) is 5.10 Å². The maximum Gasteiger partial charge on any atom is 0.0963 e. The minimum Gasteiger partial charge on any atom is -0.548 e. The molecule has 0 saturated heterocycles. The van der Waals surface area contributed by atoms with E-state index in [4.69, 9.17) is 0 Å². The molecule has 4 nitrogen and oxygen atoms in total. The Labute approximate surface area is 78.3 Å². The van der Waals surface area contributed by atoms with E-state index >= 15 is 0 Å². The van der Waals surface area contributed by atoms with Crippen molar-refractivity contribution in [3.8, 4) is 0 Å². The van der Waals surface area contributed by atoms with Gasteiger partial charge >= 0.3 is 0 Å². The Morgan fingerprint density at radius 2 is 2.33 bits per heavy atom. The average Bonchev–Trinajstić information content (AvgIpc) is 2.35. The summed E-state index contributed by atoms with van der Waals surface area (Å²) in [6, 6.07) is 0. The minimum absolute atomic E-state index is 0.747. The van der Waals surface area contributed by atoms with Gasteiger partial charge in [0.2, 0.25) is 0 Å². The number of hydrogen-bond acceptors (Lipinski definition) is 3. The van der Waals surface area contributed by atoms with Gasteiger partial charge in [-0.05, 0) is 29.8 Å². The molecular weight excluding hydrogens is 224 g/mol. The van der Waals surface area contributed by atoms with Crippen molar-refractivity contribution in [2.45, 2.75) is 19.4 Å². The summed E-state index contributed by atoms with van der Waals surface area (Å²) < 4.78 is 2.09. The van der Waals surface area contributed by atoms with E-state index in [1.165, 1.54) is 24.7 Å². The van der Waals surface area contributed by atoms with E-state index in [0.29, 0.717) is 0 Å². The van der Waals surface area contributed by atoms with Gasteiger partial charge in [-0.3, -0.25) is 4.68 Å². The van der Waals surface area contributed by atoms with Crippen LogP contribution in [0.2, 0.25) is 0 Å². The van der Waals surface area contributed by atoms with Gasteiger partial charge in [-0.15, -0.1) is 0 Å². The quantitative estimate of drug-likeness (QED) is 0.728. The highest BCUT2D eigenvalue weighted by Gasteiger charge is 2.22. The van der Waals surface area contributed by atoms with E-state index in [9.17, 15) is 9.90 Å². The predicted molar refractivity (Wildman–Crippen MR) is 44.3 cm³/mol. The van der Waals surface area contributed by atoms with E-state index in [1.807, 2.05) is 0 Å². The molecule has 0 aliphatic heterocycles. The van der Waals surface area contributed by atoms with Gasteiger partial charge < -0.3 is 9.90 Å². The molecule has 0 aliphatic rings. The first-order valence-corrected chi connectivity index (χ1v) is 4.16. The van der Waals surface area contributed by atoms with Crippen molar-refractivity contribution in [3.05, 3.63) is 16.9 Å². The van der Waals surface area contributed by atoms with Crippen LogP contribution in [0.5, 0.6) is 0 Å². The minimum atomic E-state index is -1.15. The van der Waals surface area contributed by atoms with Gasteiger partial charge in [0.15, 0.2) is 0 Å². The molecule has 0 bridgehead atoms. The normalized spacial score (nSPS) is 11.6. The van der Waals surface area contributed by atoms with E-state index in [0.717, 1.165) is 4.47 Å². The molecule has 0 atom stereocenters. The molecule has 0 aromatic carbocycles. The first-order valence-electron chi connectivity index (χ1n) is 3.36. The molecule has 1 rings (SSSR count). The van der Waals surface area contributed by atoms with Gasteiger partial charge in [0.05, 0.1) is 22.2 Å². The molecular formula is C7H8BrN2O2-. The topological polar surface area (TPSA) is 57.9 Å². The number of carbonyl (C=O) groups is 1. The zero-order valence-electron chi connectivity index (χ0n) is 6.74. The lowest BCUT2D eigenvalue weighted by molar-refractivity contribution is -0.316. The summed E-state index contributed by atoms with van der Waals surface area (Å²) in [4.78, 5) is 10.6. The second-order valence-electron chi connectivity index (χ2n) is 2.95. The molecule has 5 heteroatoms. The van der Waals surface area contributed by atoms with Gasteiger partial charge in [0, 0.05) is 6.20 Å². The van der Waals surface area contributed by atoms with Crippen LogP contribution >= 0.6 is 15.9 Å². The average molecular weight is 232 g/mol. The van der Waals surface area contributed by atoms with Crippen LogP contribution in [0.1, 0.15) is 13.8 Å². The van der Waals surface area contributed by atoms with Crippen molar-refractivity contribution in [1.82, 2.24) is 9.78 Å². The van der Waals surface area contributed by atoms with E-state index in [-0.39, 0.29) is 0 Å². The molecule has 0 aliphatic carbocycles. The third-order valence-corrected chi connectivity index (χ3v) is 2.03. The van der Waals surface area contributed by atoms with Crippen molar-refractivity contribution in [1.29, 1.82) is 0 Å². The molecule has 1 heterocycles. The summed E-state index contributed by atoms with van der Waals surface area (Å²) in [6.45, 7) is 3.06. The molecule has 12 heavy (non-hydrogen) atoms. The summed E-state index contributed by atoms with van der Waals surface area (Å²) in [5.74, 6) is -1.15. The van der Waals surface area contributed by atoms with Gasteiger partial charge in [0.25, 0.3) is 0 Å². The van der Waals surface area contributed by atoms with Crippen LogP contribution in [0.25, 0.3) is 0 Å². The highest BCUT2D eigenvalue weighted by atomic mass is 79.9. The van der Waals surface area contributed by atoms with Crippen molar-refractivity contribution >= 4 is 21.9 Å². The van der Waals surface area contributed by atoms with E-state index < -0.39 is 11.5 Å². The Bertz CT molecular complexity index is 306. The molecule has 0 spiro atoms. The molecule has 0 fully saturated rings. The second-order valence-corrected chi connectivity index (χ2v) is 3.87. The lowest BCUT2D eigenvalue weighted by Crippen LogP contribution is -2.46. The largest absolute Gasteiger partial charge is 0.548 e. The van der Waals surface area contributed by atoms with Crippen molar-refractivity contribution < 1.29 is 9.90 Å². The number of carboxylic acids is 1. The standard InChI is InChI=1S/C7H9BrN2O2/c1-7(2,6(11)12)10-4-5(8)3-9-10/h3-4H,1-2H3,(H,11,12)/p-1. The smallest absolute Gasteiger partial charge is 0.0963 e. The fourth-order valence-corrected chi connectivity index (χ4v) is 0.986. The number of hydrogen-bond donors (Lipinski definition) is 0. The Kier molecular flexibility index (Phi) is 2.23. The SMILES string of the molecule is CC(C)(C(=O)[O-])n1cc(Br)cn1. The number of aromatic nitrogens is 2. The number of nitrogens with zero attached hydrogens (tertiary/aromatic N) is 2. The molecule has 0 saturated carbocycles. The number of carboxylic acid groups (broad SMARTS) is 1. The number of aliphatic carboxylic acids is 1. The Morgan fingerprint density at radius 1 is 1.75 bits per heavy atom. The van der Waals surface area contributed by atoms with Crippen LogP contribution in [0.4, 0.5) is 0 Å². The van der Waals surface area contributed by atoms with Crippen molar-refractivity contribution in [3.63, 3.8) is 0 Å². The summed E-state index contributed by atoms with van der Waals surface area (Å²) in [5.41, 5.74) is -1.11. The lowest BCUT2D eigenvalue weighted by atomic mass is 10.1. The monoisotopic (exact) mass is 231 g/mol. The van der Waals surface area contributed by atoms with Crippen molar-refractivity contribution in [2.24, 2.45) is 0 Å². The van der Waals surface area contributed by atoms with Crippen molar-refractivity contribution in [2.75, 3.05) is 0 Å². The molecule has 0 N–H and O–H groups in total. The Balaban J connectivity index is 3.05. The van der Waals surface area contributed by atoms with Crippen LogP contribution in [0, 0.1) is 0 Å². The maximum absolute atomic E-state index is 10.6. The van der Waals surface area contributed by atoms with Crippen LogP contribution < -0.4 is 5.11 Å². The number of halogens is 1. The summed E-state index contributed by atoms with van der Waals surface area (Å²) in [5, 5.41) is 14.5. The summed E-state index contributed by atoms with van der Waals surface area (Å²) in [7, 11) is 0. The fourth-order valence-electron chi connectivity index (χ4n) is 0.700. The molecule has 1 aromatic heterocycles. The number of rotatable bonds is 2. The van der Waals surface area contributed by atoms with Crippen LogP contribution in [0.15, 0.2) is 16.9 Å². The summed E-state index contributed by atoms with van der Waals surface area (Å²) in [6.07, 6.45) is 3.13. The Hall–Kier alpha value is -0.840. The second kappa shape index (κ2) is 2.90. The molecule has 1 aromatic rings. The van der Waals surface area contributed by atoms with Gasteiger partial charge in [-0.1, -0.05) is 0 Å². The van der Waals surface area contributed by atoms with E-state index in [2.05, 4.69) is 21.0 Å². The third kappa shape index (κ3) is 1.50. The first kappa shape index (κ1) is 9.25. The van der Waals surface area contributed by atoms with E-state index in [1.54, 1.807) is 6.20 Å². The highest BCUT2D eigenvalue weighted by molar-refractivity contribution is 9.10. The molecule has 0 amide bonds. The van der Waals surface area contributed by atoms with Gasteiger partial charge in [0.1, 0.15) is 0 Å². The van der Waals surface area contributed by atoms with Crippen LogP contribution in [0.3, 0.4) is 0 Å². The zero-order valence-corrected chi connectivity index (χ0v) is 8.33. The first-order chi connectivity index (χ1) is 5.44. The molecule has 0 radical (unpaired) electrons. The molecule has 0 unspecified atom stereocenters. The third-order valence-electron chi connectivity index (χ3n) is 1.62. The number of carbonyl (C=O) groups excluding carboxylic acids is 1. The zero-order chi connectivity index (χ0) is 9.35. The fraction of sp³-hybridized carbons (Fsp3) is 0.429. The van der Waals surface area contributed by atoms with Crippen LogP contribution in [-0.2, 0) is 10.3 Å². The summed E-state index contributed by atoms with van der Waals surface area (Å²) >= 11 is 3.18. The maximum atomic E-state index is 10.6. The predicted octanol–water partition coefficient (Wildman–Crippen LogP) is 0.131. The lowest BCUT2D eigenvalue weighted by Gasteiger charge is -2.26. The highest BCUT2D eigenvalue weighted by Crippen LogP contribution is 2.16. The molecule has 66 valence electrons.